The van der Waals surface area contributed by atoms with Crippen molar-refractivity contribution >= 4 is 11.2 Å². The van der Waals surface area contributed by atoms with Gasteiger partial charge >= 0.3 is 12.2 Å². The van der Waals surface area contributed by atoms with Crippen molar-refractivity contribution in [3.63, 3.8) is 0 Å². The molecule has 0 fully saturated rings. The molecule has 2 heterocycles. The minimum atomic E-state index is -2.84. The van der Waals surface area contributed by atoms with Crippen LogP contribution in [-0.4, -0.2) is 18.7 Å². The van der Waals surface area contributed by atoms with Crippen LogP contribution in [0.5, 0.6) is 0 Å². The van der Waals surface area contributed by atoms with E-state index in [2.05, 4.69) is 4.98 Å². The highest BCUT2D eigenvalue weighted by Gasteiger charge is 2.17. The number of nitrogens with zero attached hydrogens (tertiary/aromatic N) is 4. The first-order valence-corrected chi connectivity index (χ1v) is 5.36. The quantitative estimate of drug-likeness (QED) is 0.763. The largest absolute Gasteiger partial charge is 0.332 e. The summed E-state index contributed by atoms with van der Waals surface area (Å²) in [4.78, 5) is 26.7. The van der Waals surface area contributed by atoms with Gasteiger partial charge in [0.05, 0.1) is 0 Å². The fraction of sp³-hybridized carbons (Fsp3) is 0.500. The first-order chi connectivity index (χ1) is 8.45. The Morgan fingerprint density at radius 1 is 1.17 bits per heavy atom. The third kappa shape index (κ3) is 1.93. The lowest BCUT2D eigenvalue weighted by Crippen LogP contribution is -2.37. The summed E-state index contributed by atoms with van der Waals surface area (Å²) in [5.41, 5.74) is -1.68. The second kappa shape index (κ2) is 5.11. The van der Waals surface area contributed by atoms with Gasteiger partial charge in [-0.15, -0.1) is 0 Å². The average molecular weight is 260 g/mol. The Bertz CT molecular complexity index is 669. The van der Waals surface area contributed by atoms with Crippen molar-refractivity contribution in [2.24, 2.45) is 14.1 Å². The van der Waals surface area contributed by atoms with E-state index in [0.717, 1.165) is 15.5 Å². The predicted octanol–water partition coefficient (Wildman–Crippen LogP) is 0.855. The molecule has 0 radical (unpaired) electrons. The maximum atomic E-state index is 12.6. The lowest BCUT2D eigenvalue weighted by atomic mass is 10.5. The SMILES string of the molecule is CC.Cn1c(=O)c2ncn(C(F)F)c2n(C)c1=O. The van der Waals surface area contributed by atoms with E-state index in [9.17, 15) is 18.4 Å². The van der Waals surface area contributed by atoms with Crippen LogP contribution in [0.1, 0.15) is 20.4 Å². The minimum absolute atomic E-state index is 0.148. The molecule has 0 aliphatic carbocycles. The van der Waals surface area contributed by atoms with Gasteiger partial charge in [0.1, 0.15) is 6.33 Å². The van der Waals surface area contributed by atoms with Gasteiger partial charge < -0.3 is 0 Å². The van der Waals surface area contributed by atoms with Crippen molar-refractivity contribution in [1.82, 2.24) is 18.7 Å². The van der Waals surface area contributed by atoms with Crippen molar-refractivity contribution < 1.29 is 8.78 Å². The summed E-state index contributed by atoms with van der Waals surface area (Å²) in [6.07, 6.45) is 0.843. The zero-order valence-corrected chi connectivity index (χ0v) is 10.5. The zero-order valence-electron chi connectivity index (χ0n) is 10.5. The molecule has 0 saturated heterocycles. The highest BCUT2D eigenvalue weighted by Crippen LogP contribution is 2.15. The molecule has 0 aliphatic heterocycles. The second-order valence-corrected chi connectivity index (χ2v) is 3.31. The predicted molar refractivity (Wildman–Crippen MR) is 62.8 cm³/mol. The minimum Gasteiger partial charge on any atom is -0.280 e. The molecule has 0 N–H and O–H groups in total. The van der Waals surface area contributed by atoms with Crippen LogP contribution in [0.25, 0.3) is 11.2 Å². The maximum absolute atomic E-state index is 12.6. The molecule has 0 atom stereocenters. The smallest absolute Gasteiger partial charge is 0.280 e. The molecule has 100 valence electrons. The van der Waals surface area contributed by atoms with Crippen LogP contribution in [-0.2, 0) is 14.1 Å². The van der Waals surface area contributed by atoms with E-state index in [1.54, 1.807) is 0 Å². The molecule has 0 unspecified atom stereocenters. The van der Waals surface area contributed by atoms with Crippen molar-refractivity contribution in [2.45, 2.75) is 20.4 Å². The topological polar surface area (TPSA) is 61.8 Å². The van der Waals surface area contributed by atoms with Gasteiger partial charge in [-0.25, -0.2) is 9.78 Å². The molecule has 2 aromatic rings. The van der Waals surface area contributed by atoms with E-state index in [0.29, 0.717) is 4.57 Å². The fourth-order valence-electron chi connectivity index (χ4n) is 1.54. The number of fused-ring (bicyclic) bond motifs is 1. The summed E-state index contributed by atoms with van der Waals surface area (Å²) in [6.45, 7) is 1.16. The molecule has 18 heavy (non-hydrogen) atoms. The van der Waals surface area contributed by atoms with Crippen LogP contribution in [0.15, 0.2) is 15.9 Å². The molecule has 6 nitrogen and oxygen atoms in total. The van der Waals surface area contributed by atoms with Gasteiger partial charge in [0, 0.05) is 14.1 Å². The molecular weight excluding hydrogens is 246 g/mol. The van der Waals surface area contributed by atoms with Gasteiger partial charge in [-0.2, -0.15) is 8.78 Å². The van der Waals surface area contributed by atoms with Gasteiger partial charge in [-0.1, -0.05) is 13.8 Å². The Labute approximate surface area is 101 Å². The molecule has 2 aromatic heterocycles. The lowest BCUT2D eigenvalue weighted by Gasteiger charge is -2.06. The van der Waals surface area contributed by atoms with Gasteiger partial charge in [-0.05, 0) is 0 Å². The zero-order chi connectivity index (χ0) is 14.0. The van der Waals surface area contributed by atoms with Crippen LogP contribution in [0, 0.1) is 0 Å². The van der Waals surface area contributed by atoms with Crippen molar-refractivity contribution in [3.8, 4) is 0 Å². The number of aromatic nitrogens is 4. The summed E-state index contributed by atoms with van der Waals surface area (Å²) in [7, 11) is 2.58. The Morgan fingerprint density at radius 3 is 2.22 bits per heavy atom. The van der Waals surface area contributed by atoms with Crippen molar-refractivity contribution in [2.75, 3.05) is 0 Å². The highest BCUT2D eigenvalue weighted by molar-refractivity contribution is 5.69. The van der Waals surface area contributed by atoms with Gasteiger partial charge in [0.2, 0.25) is 0 Å². The van der Waals surface area contributed by atoms with E-state index < -0.39 is 17.8 Å². The second-order valence-electron chi connectivity index (χ2n) is 3.31. The van der Waals surface area contributed by atoms with Crippen LogP contribution in [0.2, 0.25) is 0 Å². The summed E-state index contributed by atoms with van der Waals surface area (Å²) in [5, 5.41) is 0. The monoisotopic (exact) mass is 260 g/mol. The van der Waals surface area contributed by atoms with Crippen molar-refractivity contribution in [3.05, 3.63) is 27.2 Å². The van der Waals surface area contributed by atoms with E-state index in [-0.39, 0.29) is 11.2 Å². The fourth-order valence-corrected chi connectivity index (χ4v) is 1.54. The number of imidazole rings is 1. The molecule has 0 saturated carbocycles. The van der Waals surface area contributed by atoms with E-state index in [1.165, 1.54) is 14.1 Å². The number of halogens is 2. The van der Waals surface area contributed by atoms with Gasteiger partial charge in [-0.3, -0.25) is 18.5 Å². The third-order valence-electron chi connectivity index (χ3n) is 2.38. The Balaban J connectivity index is 0.000000771. The number of hydrogen-bond acceptors (Lipinski definition) is 3. The Kier molecular flexibility index (Phi) is 4.00. The molecule has 2 rings (SSSR count). The summed E-state index contributed by atoms with van der Waals surface area (Å²) >= 11 is 0. The first-order valence-electron chi connectivity index (χ1n) is 5.36. The number of alkyl halides is 2. The number of hydrogen-bond donors (Lipinski definition) is 0. The number of rotatable bonds is 1. The lowest BCUT2D eigenvalue weighted by molar-refractivity contribution is 0.0734. The standard InChI is InChI=1S/C8H8F2N4O2.C2H6/c1-12-5-4(6(15)13(2)8(12)16)11-3-14(5)7(9)10;1-2/h3,7H,1-2H3;1-2H3. The van der Waals surface area contributed by atoms with Crippen LogP contribution in [0.4, 0.5) is 8.78 Å². The van der Waals surface area contributed by atoms with Gasteiger partial charge in [0.15, 0.2) is 11.2 Å². The number of aryl methyl sites for hydroxylation is 1. The molecular formula is C10H14F2N4O2. The first kappa shape index (κ1) is 14.1. The molecule has 0 spiro atoms. The molecule has 0 bridgehead atoms. The summed E-state index contributed by atoms with van der Waals surface area (Å²) in [5.74, 6) is 0. The van der Waals surface area contributed by atoms with Crippen molar-refractivity contribution in [1.29, 1.82) is 0 Å². The van der Waals surface area contributed by atoms with Crippen LogP contribution in [0.3, 0.4) is 0 Å². The molecule has 8 heteroatoms. The summed E-state index contributed by atoms with van der Waals surface area (Å²) in [6, 6.07) is 0. The van der Waals surface area contributed by atoms with Crippen LogP contribution >= 0.6 is 0 Å². The Hall–Kier alpha value is -1.99. The van der Waals surface area contributed by atoms with E-state index in [4.69, 9.17) is 0 Å². The van der Waals surface area contributed by atoms with Gasteiger partial charge in [0.25, 0.3) is 5.56 Å². The average Bonchev–Trinajstić information content (AvgIpc) is 2.81. The van der Waals surface area contributed by atoms with Crippen LogP contribution < -0.4 is 11.2 Å². The normalized spacial score (nSPS) is 10.6. The highest BCUT2D eigenvalue weighted by atomic mass is 19.3. The van der Waals surface area contributed by atoms with E-state index >= 15 is 0 Å². The maximum Gasteiger partial charge on any atom is 0.332 e. The molecule has 0 aliphatic rings. The molecule has 0 amide bonds. The Morgan fingerprint density at radius 2 is 1.72 bits per heavy atom. The van der Waals surface area contributed by atoms with E-state index in [1.807, 2.05) is 13.8 Å². The summed E-state index contributed by atoms with van der Waals surface area (Å²) < 4.78 is 27.4. The third-order valence-corrected chi connectivity index (χ3v) is 2.38. The molecule has 0 aromatic carbocycles.